The van der Waals surface area contributed by atoms with Crippen LogP contribution in [0.1, 0.15) is 18.1 Å². The molecule has 1 aromatic rings. The predicted octanol–water partition coefficient (Wildman–Crippen LogP) is 1.99. The lowest BCUT2D eigenvalue weighted by Gasteiger charge is -2.18. The van der Waals surface area contributed by atoms with Crippen LogP contribution >= 0.6 is 11.6 Å². The summed E-state index contributed by atoms with van der Waals surface area (Å²) in [7, 11) is 0. The van der Waals surface area contributed by atoms with Crippen LogP contribution in [0.15, 0.2) is 18.2 Å². The molecule has 0 radical (unpaired) electrons. The van der Waals surface area contributed by atoms with Gasteiger partial charge in [-0.1, -0.05) is 23.7 Å². The first-order valence-electron chi connectivity index (χ1n) is 5.00. The average Bonchev–Trinajstić information content (AvgIpc) is 2.74. The summed E-state index contributed by atoms with van der Waals surface area (Å²) >= 11 is 5.90. The maximum atomic E-state index is 10.1. The number of aliphatic hydroxyl groups is 1. The molecule has 0 spiro atoms. The van der Waals surface area contributed by atoms with Crippen LogP contribution in [-0.4, -0.2) is 18.3 Å². The topological polar surface area (TPSA) is 55.5 Å². The van der Waals surface area contributed by atoms with Gasteiger partial charge in [-0.15, -0.1) is 0 Å². The molecule has 1 aromatic carbocycles. The molecule has 0 amide bonds. The van der Waals surface area contributed by atoms with Gasteiger partial charge < -0.3 is 15.6 Å². The van der Waals surface area contributed by atoms with Crippen molar-refractivity contribution in [3.8, 4) is 0 Å². The van der Waals surface area contributed by atoms with Gasteiger partial charge in [-0.25, -0.2) is 0 Å². The molecule has 15 heavy (non-hydrogen) atoms. The fraction of sp³-hybridized carbons (Fsp3) is 0.455. The summed E-state index contributed by atoms with van der Waals surface area (Å²) in [5.74, 6) is 0.130. The van der Waals surface area contributed by atoms with Crippen LogP contribution in [0.4, 0.5) is 5.69 Å². The highest BCUT2D eigenvalue weighted by Gasteiger charge is 2.26. The molecule has 0 aliphatic carbocycles. The van der Waals surface area contributed by atoms with Crippen LogP contribution < -0.4 is 5.73 Å². The monoisotopic (exact) mass is 227 g/mol. The second-order valence-electron chi connectivity index (χ2n) is 3.81. The first-order valence-corrected chi connectivity index (χ1v) is 5.37. The molecular weight excluding hydrogens is 214 g/mol. The van der Waals surface area contributed by atoms with Crippen molar-refractivity contribution in [2.45, 2.75) is 12.5 Å². The maximum Gasteiger partial charge on any atom is 0.0861 e. The highest BCUT2D eigenvalue weighted by molar-refractivity contribution is 6.33. The zero-order chi connectivity index (χ0) is 10.8. The van der Waals surface area contributed by atoms with Crippen molar-refractivity contribution in [2.24, 2.45) is 5.92 Å². The van der Waals surface area contributed by atoms with Gasteiger partial charge in [-0.05, 0) is 12.5 Å². The second-order valence-corrected chi connectivity index (χ2v) is 4.22. The Bertz CT molecular complexity index is 350. The van der Waals surface area contributed by atoms with Crippen LogP contribution in [0.2, 0.25) is 5.02 Å². The van der Waals surface area contributed by atoms with Gasteiger partial charge in [-0.2, -0.15) is 0 Å². The Hall–Kier alpha value is -0.770. The summed E-state index contributed by atoms with van der Waals surface area (Å²) in [5.41, 5.74) is 7.00. The van der Waals surface area contributed by atoms with Gasteiger partial charge in [0.2, 0.25) is 0 Å². The standard InChI is InChI=1S/C11H14ClNO2/c12-9-3-1-2-8(10(9)13)11(14)7-4-5-15-6-7/h1-3,7,11,14H,4-6,13H2. The van der Waals surface area contributed by atoms with Gasteiger partial charge in [0.05, 0.1) is 23.4 Å². The van der Waals surface area contributed by atoms with Gasteiger partial charge in [0, 0.05) is 18.1 Å². The average molecular weight is 228 g/mol. The van der Waals surface area contributed by atoms with Crippen molar-refractivity contribution in [1.29, 1.82) is 0 Å². The summed E-state index contributed by atoms with van der Waals surface area (Å²) in [6.45, 7) is 1.30. The van der Waals surface area contributed by atoms with Crippen LogP contribution in [0.5, 0.6) is 0 Å². The lowest BCUT2D eigenvalue weighted by Crippen LogP contribution is -2.14. The first kappa shape index (κ1) is 10.7. The van der Waals surface area contributed by atoms with Crippen molar-refractivity contribution in [3.05, 3.63) is 28.8 Å². The molecule has 0 saturated carbocycles. The summed E-state index contributed by atoms with van der Waals surface area (Å²) in [5, 5.41) is 10.6. The molecular formula is C11H14ClNO2. The largest absolute Gasteiger partial charge is 0.397 e. The van der Waals surface area contributed by atoms with E-state index in [-0.39, 0.29) is 5.92 Å². The number of para-hydroxylation sites is 1. The Morgan fingerprint density at radius 3 is 3.00 bits per heavy atom. The molecule has 82 valence electrons. The normalized spacial score (nSPS) is 22.9. The number of aliphatic hydroxyl groups excluding tert-OH is 1. The highest BCUT2D eigenvalue weighted by atomic mass is 35.5. The number of rotatable bonds is 2. The molecule has 1 saturated heterocycles. The molecule has 4 heteroatoms. The van der Waals surface area contributed by atoms with E-state index in [0.29, 0.717) is 29.5 Å². The number of hydrogen-bond acceptors (Lipinski definition) is 3. The third kappa shape index (κ3) is 2.09. The van der Waals surface area contributed by atoms with E-state index in [1.54, 1.807) is 12.1 Å². The van der Waals surface area contributed by atoms with E-state index in [1.165, 1.54) is 0 Å². The predicted molar refractivity (Wildman–Crippen MR) is 59.8 cm³/mol. The van der Waals surface area contributed by atoms with E-state index in [9.17, 15) is 5.11 Å². The number of benzene rings is 1. The van der Waals surface area contributed by atoms with Crippen molar-refractivity contribution < 1.29 is 9.84 Å². The molecule has 2 rings (SSSR count). The van der Waals surface area contributed by atoms with Crippen molar-refractivity contribution in [3.63, 3.8) is 0 Å². The lowest BCUT2D eigenvalue weighted by molar-refractivity contribution is 0.0923. The van der Waals surface area contributed by atoms with Crippen LogP contribution in [0.3, 0.4) is 0 Å². The van der Waals surface area contributed by atoms with Crippen molar-refractivity contribution >= 4 is 17.3 Å². The van der Waals surface area contributed by atoms with Crippen LogP contribution in [0.25, 0.3) is 0 Å². The number of anilines is 1. The Balaban J connectivity index is 2.24. The molecule has 3 nitrogen and oxygen atoms in total. The minimum absolute atomic E-state index is 0.130. The SMILES string of the molecule is Nc1c(Cl)cccc1C(O)C1CCOC1. The molecule has 2 unspecified atom stereocenters. The zero-order valence-electron chi connectivity index (χ0n) is 8.32. The highest BCUT2D eigenvalue weighted by Crippen LogP contribution is 2.34. The van der Waals surface area contributed by atoms with E-state index in [1.807, 2.05) is 6.07 Å². The van der Waals surface area contributed by atoms with E-state index in [2.05, 4.69) is 0 Å². The van der Waals surface area contributed by atoms with E-state index in [4.69, 9.17) is 22.1 Å². The molecule has 1 aliphatic rings. The molecule has 1 aliphatic heterocycles. The van der Waals surface area contributed by atoms with Crippen molar-refractivity contribution in [2.75, 3.05) is 18.9 Å². The van der Waals surface area contributed by atoms with Crippen LogP contribution in [0, 0.1) is 5.92 Å². The number of nitrogens with two attached hydrogens (primary N) is 1. The summed E-state index contributed by atoms with van der Waals surface area (Å²) in [4.78, 5) is 0. The minimum Gasteiger partial charge on any atom is -0.397 e. The zero-order valence-corrected chi connectivity index (χ0v) is 9.07. The second kappa shape index (κ2) is 4.39. The molecule has 2 atom stereocenters. The minimum atomic E-state index is -0.578. The van der Waals surface area contributed by atoms with Gasteiger partial charge in [0.25, 0.3) is 0 Å². The fourth-order valence-electron chi connectivity index (χ4n) is 1.87. The quantitative estimate of drug-likeness (QED) is 0.760. The fourth-order valence-corrected chi connectivity index (χ4v) is 2.05. The molecule has 1 fully saturated rings. The number of hydrogen-bond donors (Lipinski definition) is 2. The molecule has 1 heterocycles. The number of halogens is 1. The summed E-state index contributed by atoms with van der Waals surface area (Å²) < 4.78 is 5.24. The Morgan fingerprint density at radius 2 is 2.33 bits per heavy atom. The smallest absolute Gasteiger partial charge is 0.0861 e. The Kier molecular flexibility index (Phi) is 3.14. The van der Waals surface area contributed by atoms with E-state index < -0.39 is 6.10 Å². The molecule has 0 bridgehead atoms. The van der Waals surface area contributed by atoms with Gasteiger partial charge in [-0.3, -0.25) is 0 Å². The van der Waals surface area contributed by atoms with E-state index >= 15 is 0 Å². The first-order chi connectivity index (χ1) is 7.20. The van der Waals surface area contributed by atoms with Crippen molar-refractivity contribution in [1.82, 2.24) is 0 Å². The number of nitrogen functional groups attached to an aromatic ring is 1. The van der Waals surface area contributed by atoms with E-state index in [0.717, 1.165) is 6.42 Å². The number of ether oxygens (including phenoxy) is 1. The molecule has 0 aromatic heterocycles. The molecule has 3 N–H and O–H groups in total. The third-order valence-electron chi connectivity index (χ3n) is 2.82. The van der Waals surface area contributed by atoms with Crippen LogP contribution in [-0.2, 0) is 4.74 Å². The lowest BCUT2D eigenvalue weighted by atomic mass is 9.94. The third-order valence-corrected chi connectivity index (χ3v) is 3.15. The maximum absolute atomic E-state index is 10.1. The summed E-state index contributed by atoms with van der Waals surface area (Å²) in [6, 6.07) is 5.33. The van der Waals surface area contributed by atoms with Gasteiger partial charge >= 0.3 is 0 Å². The van der Waals surface area contributed by atoms with Gasteiger partial charge in [0.15, 0.2) is 0 Å². The summed E-state index contributed by atoms with van der Waals surface area (Å²) in [6.07, 6.45) is 0.291. The Morgan fingerprint density at radius 1 is 1.53 bits per heavy atom. The van der Waals surface area contributed by atoms with Gasteiger partial charge in [0.1, 0.15) is 0 Å². The Labute approximate surface area is 93.8 Å².